The molecule has 0 spiro atoms. The van der Waals surface area contributed by atoms with E-state index in [9.17, 15) is 4.79 Å². The second-order valence-corrected chi connectivity index (χ2v) is 7.35. The lowest BCUT2D eigenvalue weighted by Gasteiger charge is -2.06. The fraction of sp³-hybridized carbons (Fsp3) is 0.227. The number of hydrogen-bond donors (Lipinski definition) is 1. The Morgan fingerprint density at radius 3 is 2.72 bits per heavy atom. The van der Waals surface area contributed by atoms with E-state index >= 15 is 0 Å². The van der Waals surface area contributed by atoms with Gasteiger partial charge in [0, 0.05) is 17.0 Å². The SMILES string of the molecule is CCCn1nc(NC(=O)COc2ccc(Cl)cc2)c2cc3ccc(C)cc3nc21. The van der Waals surface area contributed by atoms with E-state index in [0.29, 0.717) is 16.6 Å². The molecule has 2 aromatic heterocycles. The highest BCUT2D eigenvalue weighted by atomic mass is 35.5. The van der Waals surface area contributed by atoms with E-state index in [1.54, 1.807) is 24.3 Å². The van der Waals surface area contributed by atoms with Crippen molar-refractivity contribution in [1.82, 2.24) is 14.8 Å². The van der Waals surface area contributed by atoms with Crippen LogP contribution in [-0.4, -0.2) is 27.3 Å². The highest BCUT2D eigenvalue weighted by molar-refractivity contribution is 6.30. The van der Waals surface area contributed by atoms with Crippen LogP contribution >= 0.6 is 11.6 Å². The van der Waals surface area contributed by atoms with Gasteiger partial charge >= 0.3 is 0 Å². The Morgan fingerprint density at radius 2 is 1.97 bits per heavy atom. The summed E-state index contributed by atoms with van der Waals surface area (Å²) in [4.78, 5) is 17.2. The smallest absolute Gasteiger partial charge is 0.263 e. The van der Waals surface area contributed by atoms with Crippen LogP contribution in [0.25, 0.3) is 21.9 Å². The first-order chi connectivity index (χ1) is 14.0. The van der Waals surface area contributed by atoms with Gasteiger partial charge in [-0.2, -0.15) is 5.10 Å². The third-order valence-corrected chi connectivity index (χ3v) is 4.80. The van der Waals surface area contributed by atoms with Crippen LogP contribution in [0.3, 0.4) is 0 Å². The first-order valence-electron chi connectivity index (χ1n) is 9.49. The number of nitrogens with zero attached hydrogens (tertiary/aromatic N) is 3. The molecule has 1 N–H and O–H groups in total. The van der Waals surface area contributed by atoms with Crippen molar-refractivity contribution in [2.45, 2.75) is 26.8 Å². The molecule has 29 heavy (non-hydrogen) atoms. The Balaban J connectivity index is 1.61. The molecule has 0 radical (unpaired) electrons. The maximum absolute atomic E-state index is 12.4. The summed E-state index contributed by atoms with van der Waals surface area (Å²) >= 11 is 5.86. The molecule has 0 unspecified atom stereocenters. The number of carbonyl (C=O) groups excluding carboxylic acids is 1. The third kappa shape index (κ3) is 4.17. The number of fused-ring (bicyclic) bond motifs is 2. The van der Waals surface area contributed by atoms with Crippen molar-refractivity contribution in [3.63, 3.8) is 0 Å². The lowest BCUT2D eigenvalue weighted by molar-refractivity contribution is -0.118. The van der Waals surface area contributed by atoms with Crippen LogP contribution < -0.4 is 10.1 Å². The zero-order valence-corrected chi connectivity index (χ0v) is 17.0. The van der Waals surface area contributed by atoms with E-state index in [1.165, 1.54) is 0 Å². The average Bonchev–Trinajstić information content (AvgIpc) is 3.02. The predicted molar refractivity (Wildman–Crippen MR) is 116 cm³/mol. The van der Waals surface area contributed by atoms with Gasteiger partial charge in [-0.3, -0.25) is 4.79 Å². The fourth-order valence-corrected chi connectivity index (χ4v) is 3.29. The number of hydrogen-bond acceptors (Lipinski definition) is 4. The summed E-state index contributed by atoms with van der Waals surface area (Å²) in [5.41, 5.74) is 2.83. The maximum Gasteiger partial charge on any atom is 0.263 e. The molecule has 0 aliphatic heterocycles. The van der Waals surface area contributed by atoms with Crippen molar-refractivity contribution in [1.29, 1.82) is 0 Å². The van der Waals surface area contributed by atoms with Gasteiger partial charge in [0.1, 0.15) is 5.75 Å². The fourth-order valence-electron chi connectivity index (χ4n) is 3.17. The summed E-state index contributed by atoms with van der Waals surface area (Å²) in [6.45, 7) is 4.72. The number of anilines is 1. The quantitative estimate of drug-likeness (QED) is 0.488. The lowest BCUT2D eigenvalue weighted by Crippen LogP contribution is -2.20. The zero-order chi connectivity index (χ0) is 20.4. The molecule has 2 heterocycles. The van der Waals surface area contributed by atoms with Gasteiger partial charge in [-0.15, -0.1) is 0 Å². The number of halogens is 1. The van der Waals surface area contributed by atoms with Gasteiger partial charge in [0.15, 0.2) is 18.1 Å². The van der Waals surface area contributed by atoms with Gasteiger partial charge in [0.05, 0.1) is 10.9 Å². The Bertz CT molecular complexity index is 1190. The summed E-state index contributed by atoms with van der Waals surface area (Å²) in [6.07, 6.45) is 0.914. The molecule has 4 rings (SSSR count). The number of aryl methyl sites for hydroxylation is 2. The molecule has 0 saturated carbocycles. The summed E-state index contributed by atoms with van der Waals surface area (Å²) in [5.74, 6) is 0.786. The highest BCUT2D eigenvalue weighted by Crippen LogP contribution is 2.27. The van der Waals surface area contributed by atoms with Crippen LogP contribution in [0, 0.1) is 6.92 Å². The van der Waals surface area contributed by atoms with Crippen molar-refractivity contribution in [3.05, 3.63) is 59.1 Å². The van der Waals surface area contributed by atoms with Gasteiger partial charge in [0.2, 0.25) is 0 Å². The van der Waals surface area contributed by atoms with E-state index in [4.69, 9.17) is 21.3 Å². The largest absolute Gasteiger partial charge is 0.484 e. The minimum absolute atomic E-state index is 0.121. The highest BCUT2D eigenvalue weighted by Gasteiger charge is 2.15. The Hall–Kier alpha value is -3.12. The third-order valence-electron chi connectivity index (χ3n) is 4.55. The molecular weight excluding hydrogens is 388 g/mol. The molecule has 0 bridgehead atoms. The van der Waals surface area contributed by atoms with E-state index in [0.717, 1.165) is 40.5 Å². The molecule has 7 heteroatoms. The molecule has 0 aliphatic rings. The molecule has 0 aliphatic carbocycles. The van der Waals surface area contributed by atoms with Crippen LogP contribution in [0.4, 0.5) is 5.82 Å². The Labute approximate surface area is 173 Å². The molecule has 2 aromatic carbocycles. The van der Waals surface area contributed by atoms with Gasteiger partial charge in [-0.05, 0) is 55.3 Å². The van der Waals surface area contributed by atoms with Crippen molar-refractivity contribution < 1.29 is 9.53 Å². The molecule has 0 fully saturated rings. The minimum atomic E-state index is -0.285. The van der Waals surface area contributed by atoms with E-state index < -0.39 is 0 Å². The second-order valence-electron chi connectivity index (χ2n) is 6.92. The monoisotopic (exact) mass is 408 g/mol. The van der Waals surface area contributed by atoms with Crippen molar-refractivity contribution in [2.24, 2.45) is 0 Å². The molecule has 4 aromatic rings. The first-order valence-corrected chi connectivity index (χ1v) is 9.87. The summed E-state index contributed by atoms with van der Waals surface area (Å²) in [5, 5.41) is 9.88. The van der Waals surface area contributed by atoms with Gasteiger partial charge in [-0.1, -0.05) is 30.7 Å². The molecule has 0 saturated heterocycles. The number of nitrogens with one attached hydrogen (secondary N) is 1. The van der Waals surface area contributed by atoms with E-state index in [2.05, 4.69) is 23.4 Å². The number of amides is 1. The van der Waals surface area contributed by atoms with Crippen molar-refractivity contribution >= 4 is 45.3 Å². The predicted octanol–water partition coefficient (Wildman–Crippen LogP) is 4.97. The van der Waals surface area contributed by atoms with Crippen LogP contribution in [-0.2, 0) is 11.3 Å². The summed E-state index contributed by atoms with van der Waals surface area (Å²) in [7, 11) is 0. The van der Waals surface area contributed by atoms with Gasteiger partial charge < -0.3 is 10.1 Å². The zero-order valence-electron chi connectivity index (χ0n) is 16.3. The average molecular weight is 409 g/mol. The van der Waals surface area contributed by atoms with Crippen LogP contribution in [0.5, 0.6) is 5.75 Å². The van der Waals surface area contributed by atoms with Crippen molar-refractivity contribution in [2.75, 3.05) is 11.9 Å². The summed E-state index contributed by atoms with van der Waals surface area (Å²) < 4.78 is 7.36. The van der Waals surface area contributed by atoms with E-state index in [-0.39, 0.29) is 12.5 Å². The normalized spacial score (nSPS) is 11.1. The molecule has 0 atom stereocenters. The van der Waals surface area contributed by atoms with Crippen LogP contribution in [0.2, 0.25) is 5.02 Å². The van der Waals surface area contributed by atoms with Crippen LogP contribution in [0.1, 0.15) is 18.9 Å². The van der Waals surface area contributed by atoms with Crippen molar-refractivity contribution in [3.8, 4) is 5.75 Å². The van der Waals surface area contributed by atoms with Gasteiger partial charge in [0.25, 0.3) is 5.91 Å². The first kappa shape index (κ1) is 19.2. The Kier molecular flexibility index (Phi) is 5.36. The number of aromatic nitrogens is 3. The van der Waals surface area contributed by atoms with Gasteiger partial charge in [-0.25, -0.2) is 9.67 Å². The maximum atomic E-state index is 12.4. The number of rotatable bonds is 6. The molecular formula is C22H21ClN4O2. The number of carbonyl (C=O) groups is 1. The summed E-state index contributed by atoms with van der Waals surface area (Å²) in [6, 6.07) is 15.0. The topological polar surface area (TPSA) is 69.0 Å². The molecule has 1 amide bonds. The number of ether oxygens (including phenoxy) is 1. The Morgan fingerprint density at radius 1 is 1.17 bits per heavy atom. The van der Waals surface area contributed by atoms with E-state index in [1.807, 2.05) is 29.8 Å². The number of pyridine rings is 1. The number of benzene rings is 2. The lowest BCUT2D eigenvalue weighted by atomic mass is 10.1. The minimum Gasteiger partial charge on any atom is -0.484 e. The second kappa shape index (κ2) is 8.09. The standard InChI is InChI=1S/C22H21ClN4O2/c1-3-10-27-22-18(12-15-5-4-14(2)11-19(15)24-22)21(26-27)25-20(28)13-29-17-8-6-16(23)7-9-17/h4-9,11-12H,3,10,13H2,1-2H3,(H,25,26,28). The molecule has 6 nitrogen and oxygen atoms in total. The molecule has 148 valence electrons. The van der Waals surface area contributed by atoms with Crippen LogP contribution in [0.15, 0.2) is 48.5 Å².